The number of rotatable bonds is 3. The molecule has 4 heteroatoms. The fraction of sp³-hybridized carbons (Fsp3) is 0.533. The van der Waals surface area contributed by atoms with Gasteiger partial charge in [0, 0.05) is 26.2 Å². The molecule has 0 bridgehead atoms. The van der Waals surface area contributed by atoms with Crippen molar-refractivity contribution in [2.45, 2.75) is 20.0 Å². The molecule has 0 spiro atoms. The van der Waals surface area contributed by atoms with Crippen LogP contribution in [0.4, 0.5) is 0 Å². The Hall–Kier alpha value is -1.39. The van der Waals surface area contributed by atoms with E-state index >= 15 is 0 Å². The molecule has 1 fully saturated rings. The van der Waals surface area contributed by atoms with Crippen LogP contribution >= 0.6 is 0 Å². The zero-order chi connectivity index (χ0) is 13.8. The molecule has 0 aromatic heterocycles. The van der Waals surface area contributed by atoms with Crippen LogP contribution in [0.25, 0.3) is 0 Å². The van der Waals surface area contributed by atoms with E-state index in [9.17, 15) is 9.90 Å². The summed E-state index contributed by atoms with van der Waals surface area (Å²) in [5.41, 5.74) is 1.80. The summed E-state index contributed by atoms with van der Waals surface area (Å²) in [5, 5.41) is 10.2. The standard InChI is InChI=1S/C15H22N2O2/c1-3-16-8-10-17(11-9-16)15(19)14(18)13-6-4-12(2)5-7-13/h4-7,14,18H,3,8-11H2,1-2H3. The number of piperazine rings is 1. The van der Waals surface area contributed by atoms with Crippen molar-refractivity contribution in [3.8, 4) is 0 Å². The van der Waals surface area contributed by atoms with Crippen LogP contribution in [0, 0.1) is 6.92 Å². The Bertz CT molecular complexity index is 422. The predicted molar refractivity (Wildman–Crippen MR) is 74.8 cm³/mol. The Morgan fingerprint density at radius 3 is 2.32 bits per heavy atom. The lowest BCUT2D eigenvalue weighted by Gasteiger charge is -2.35. The van der Waals surface area contributed by atoms with E-state index in [0.29, 0.717) is 18.7 Å². The number of amides is 1. The summed E-state index contributed by atoms with van der Waals surface area (Å²) >= 11 is 0. The lowest BCUT2D eigenvalue weighted by Crippen LogP contribution is -2.49. The maximum atomic E-state index is 12.2. The van der Waals surface area contributed by atoms with Gasteiger partial charge in [-0.2, -0.15) is 0 Å². The van der Waals surface area contributed by atoms with Crippen LogP contribution in [0.5, 0.6) is 0 Å². The Kier molecular flexibility index (Phi) is 4.56. The fourth-order valence-electron chi connectivity index (χ4n) is 2.35. The van der Waals surface area contributed by atoms with Gasteiger partial charge < -0.3 is 14.9 Å². The number of likely N-dealkylation sites (N-methyl/N-ethyl adjacent to an activating group) is 1. The molecule has 1 aromatic carbocycles. The van der Waals surface area contributed by atoms with Crippen molar-refractivity contribution in [2.24, 2.45) is 0 Å². The number of aliphatic hydroxyl groups excluding tert-OH is 1. The maximum absolute atomic E-state index is 12.2. The molecule has 0 saturated carbocycles. The van der Waals surface area contributed by atoms with Crippen LogP contribution in [0.3, 0.4) is 0 Å². The highest BCUT2D eigenvalue weighted by Crippen LogP contribution is 2.17. The van der Waals surface area contributed by atoms with E-state index in [4.69, 9.17) is 0 Å². The van der Waals surface area contributed by atoms with E-state index in [-0.39, 0.29) is 5.91 Å². The number of carbonyl (C=O) groups excluding carboxylic acids is 1. The number of hydrogen-bond acceptors (Lipinski definition) is 3. The molecular weight excluding hydrogens is 240 g/mol. The van der Waals surface area contributed by atoms with Crippen molar-refractivity contribution in [3.63, 3.8) is 0 Å². The first-order valence-corrected chi connectivity index (χ1v) is 6.87. The Morgan fingerprint density at radius 2 is 1.79 bits per heavy atom. The third-order valence-electron chi connectivity index (χ3n) is 3.76. The van der Waals surface area contributed by atoms with E-state index in [0.717, 1.165) is 25.2 Å². The maximum Gasteiger partial charge on any atom is 0.256 e. The second-order valence-electron chi connectivity index (χ2n) is 5.07. The van der Waals surface area contributed by atoms with Crippen LogP contribution < -0.4 is 0 Å². The summed E-state index contributed by atoms with van der Waals surface area (Å²) in [6.07, 6.45) is -1.03. The van der Waals surface area contributed by atoms with Crippen molar-refractivity contribution >= 4 is 5.91 Å². The van der Waals surface area contributed by atoms with Gasteiger partial charge in [-0.25, -0.2) is 0 Å². The van der Waals surface area contributed by atoms with E-state index in [1.807, 2.05) is 31.2 Å². The summed E-state index contributed by atoms with van der Waals surface area (Å²) in [5.74, 6) is -0.181. The number of hydrogen-bond donors (Lipinski definition) is 1. The zero-order valence-corrected chi connectivity index (χ0v) is 11.7. The average Bonchev–Trinajstić information content (AvgIpc) is 2.46. The number of aliphatic hydroxyl groups is 1. The number of aryl methyl sites for hydroxylation is 1. The summed E-state index contributed by atoms with van der Waals surface area (Å²) in [6.45, 7) is 8.32. The van der Waals surface area contributed by atoms with Crippen molar-refractivity contribution in [1.29, 1.82) is 0 Å². The molecule has 19 heavy (non-hydrogen) atoms. The van der Waals surface area contributed by atoms with Gasteiger partial charge in [0.25, 0.3) is 5.91 Å². The zero-order valence-electron chi connectivity index (χ0n) is 11.7. The summed E-state index contributed by atoms with van der Waals surface area (Å²) in [7, 11) is 0. The van der Waals surface area contributed by atoms with Gasteiger partial charge in [0.2, 0.25) is 0 Å². The summed E-state index contributed by atoms with van der Waals surface area (Å²) < 4.78 is 0. The Balaban J connectivity index is 1.98. The lowest BCUT2D eigenvalue weighted by molar-refractivity contribution is -0.142. The minimum Gasteiger partial charge on any atom is -0.378 e. The number of benzene rings is 1. The second-order valence-corrected chi connectivity index (χ2v) is 5.07. The van der Waals surface area contributed by atoms with Crippen molar-refractivity contribution in [3.05, 3.63) is 35.4 Å². The molecule has 1 saturated heterocycles. The monoisotopic (exact) mass is 262 g/mol. The van der Waals surface area contributed by atoms with Gasteiger partial charge in [-0.05, 0) is 19.0 Å². The highest BCUT2D eigenvalue weighted by atomic mass is 16.3. The van der Waals surface area contributed by atoms with Gasteiger partial charge >= 0.3 is 0 Å². The predicted octanol–water partition coefficient (Wildman–Crippen LogP) is 1.19. The van der Waals surface area contributed by atoms with Gasteiger partial charge in [-0.3, -0.25) is 4.79 Å². The van der Waals surface area contributed by atoms with Crippen LogP contribution in [-0.4, -0.2) is 53.5 Å². The molecule has 1 N–H and O–H groups in total. The van der Waals surface area contributed by atoms with E-state index in [1.54, 1.807) is 4.90 Å². The topological polar surface area (TPSA) is 43.8 Å². The lowest BCUT2D eigenvalue weighted by atomic mass is 10.1. The molecule has 1 aromatic rings. The van der Waals surface area contributed by atoms with Crippen LogP contribution in [0.1, 0.15) is 24.2 Å². The molecule has 1 aliphatic rings. The van der Waals surface area contributed by atoms with Gasteiger partial charge in [0.15, 0.2) is 6.10 Å². The SMILES string of the molecule is CCN1CCN(C(=O)C(O)c2ccc(C)cc2)CC1. The van der Waals surface area contributed by atoms with Crippen LogP contribution in [0.15, 0.2) is 24.3 Å². The van der Waals surface area contributed by atoms with Crippen molar-refractivity contribution in [2.75, 3.05) is 32.7 Å². The number of carbonyl (C=O) groups is 1. The summed E-state index contributed by atoms with van der Waals surface area (Å²) in [6, 6.07) is 7.47. The molecule has 0 radical (unpaired) electrons. The quantitative estimate of drug-likeness (QED) is 0.890. The summed E-state index contributed by atoms with van der Waals surface area (Å²) in [4.78, 5) is 16.3. The third-order valence-corrected chi connectivity index (χ3v) is 3.76. The molecule has 1 heterocycles. The fourth-order valence-corrected chi connectivity index (χ4v) is 2.35. The molecule has 1 aliphatic heterocycles. The van der Waals surface area contributed by atoms with E-state index in [1.165, 1.54) is 0 Å². The van der Waals surface area contributed by atoms with Gasteiger partial charge in [-0.15, -0.1) is 0 Å². The van der Waals surface area contributed by atoms with Gasteiger partial charge in [0.05, 0.1) is 0 Å². The van der Waals surface area contributed by atoms with E-state index < -0.39 is 6.10 Å². The van der Waals surface area contributed by atoms with E-state index in [2.05, 4.69) is 11.8 Å². The Morgan fingerprint density at radius 1 is 1.21 bits per heavy atom. The number of nitrogens with zero attached hydrogens (tertiary/aromatic N) is 2. The van der Waals surface area contributed by atoms with Gasteiger partial charge in [-0.1, -0.05) is 36.8 Å². The largest absolute Gasteiger partial charge is 0.378 e. The molecule has 1 amide bonds. The first-order valence-electron chi connectivity index (χ1n) is 6.87. The van der Waals surface area contributed by atoms with Crippen LogP contribution in [0.2, 0.25) is 0 Å². The first kappa shape index (κ1) is 14.0. The minimum absolute atomic E-state index is 0.181. The molecular formula is C15H22N2O2. The minimum atomic E-state index is -1.03. The molecule has 4 nitrogen and oxygen atoms in total. The highest BCUT2D eigenvalue weighted by Gasteiger charge is 2.26. The van der Waals surface area contributed by atoms with Crippen molar-refractivity contribution in [1.82, 2.24) is 9.80 Å². The van der Waals surface area contributed by atoms with Gasteiger partial charge in [0.1, 0.15) is 0 Å². The smallest absolute Gasteiger partial charge is 0.256 e. The van der Waals surface area contributed by atoms with Crippen LogP contribution in [-0.2, 0) is 4.79 Å². The molecule has 2 rings (SSSR count). The Labute approximate surface area is 114 Å². The molecule has 1 atom stereocenters. The average molecular weight is 262 g/mol. The second kappa shape index (κ2) is 6.17. The van der Waals surface area contributed by atoms with Crippen molar-refractivity contribution < 1.29 is 9.90 Å². The molecule has 0 aliphatic carbocycles. The normalized spacial score (nSPS) is 18.4. The third kappa shape index (κ3) is 3.33. The first-order chi connectivity index (χ1) is 9.11. The molecule has 104 valence electrons. The molecule has 1 unspecified atom stereocenters. The highest BCUT2D eigenvalue weighted by molar-refractivity contribution is 5.82.